The fraction of sp³-hybridized carbons (Fsp3) is 0.500. The summed E-state index contributed by atoms with van der Waals surface area (Å²) < 4.78 is 0.946. The van der Waals surface area contributed by atoms with Gasteiger partial charge in [-0.05, 0) is 12.8 Å². The Morgan fingerprint density at radius 2 is 2.12 bits per heavy atom. The number of rotatable bonds is 3. The lowest BCUT2D eigenvalue weighted by atomic mass is 10.4. The summed E-state index contributed by atoms with van der Waals surface area (Å²) in [5.74, 6) is -1.07. The molecule has 1 aromatic heterocycles. The standard InChI is InChI=1S/C10H13N3O3/c14-9-5-8(12-3-1-2-4-12)6-11-13(9)7-10(15)16/h5-6H,1-4,7H2,(H,15,16). The Hall–Kier alpha value is -1.85. The molecule has 16 heavy (non-hydrogen) atoms. The first-order valence-corrected chi connectivity index (χ1v) is 5.21. The zero-order valence-electron chi connectivity index (χ0n) is 8.80. The highest BCUT2D eigenvalue weighted by Crippen LogP contribution is 2.16. The summed E-state index contributed by atoms with van der Waals surface area (Å²) in [6, 6.07) is 1.45. The van der Waals surface area contributed by atoms with Crippen molar-refractivity contribution in [3.63, 3.8) is 0 Å². The lowest BCUT2D eigenvalue weighted by Gasteiger charge is -2.16. The molecule has 0 aliphatic carbocycles. The minimum Gasteiger partial charge on any atom is -0.480 e. The number of carbonyl (C=O) groups is 1. The highest BCUT2D eigenvalue weighted by molar-refractivity contribution is 5.66. The molecule has 6 nitrogen and oxygen atoms in total. The third-order valence-corrected chi connectivity index (χ3v) is 2.61. The fourth-order valence-corrected chi connectivity index (χ4v) is 1.82. The van der Waals surface area contributed by atoms with Crippen molar-refractivity contribution in [2.45, 2.75) is 19.4 Å². The summed E-state index contributed by atoms with van der Waals surface area (Å²) in [5.41, 5.74) is 0.413. The van der Waals surface area contributed by atoms with Crippen LogP contribution in [0.5, 0.6) is 0 Å². The van der Waals surface area contributed by atoms with E-state index in [-0.39, 0.29) is 12.1 Å². The molecular weight excluding hydrogens is 210 g/mol. The van der Waals surface area contributed by atoms with Crippen LogP contribution in [0.3, 0.4) is 0 Å². The number of hydrogen-bond donors (Lipinski definition) is 1. The van der Waals surface area contributed by atoms with Crippen LogP contribution in [0.4, 0.5) is 5.69 Å². The van der Waals surface area contributed by atoms with Crippen LogP contribution in [-0.4, -0.2) is 33.9 Å². The van der Waals surface area contributed by atoms with Gasteiger partial charge in [0.15, 0.2) is 0 Å². The van der Waals surface area contributed by atoms with Gasteiger partial charge in [-0.15, -0.1) is 0 Å². The van der Waals surface area contributed by atoms with Crippen molar-refractivity contribution in [2.24, 2.45) is 0 Å². The van der Waals surface area contributed by atoms with Gasteiger partial charge in [0.05, 0.1) is 11.9 Å². The van der Waals surface area contributed by atoms with Crippen LogP contribution < -0.4 is 10.5 Å². The molecule has 0 unspecified atom stereocenters. The van der Waals surface area contributed by atoms with Crippen LogP contribution in [0.2, 0.25) is 0 Å². The molecule has 0 saturated carbocycles. The molecule has 6 heteroatoms. The monoisotopic (exact) mass is 223 g/mol. The van der Waals surface area contributed by atoms with Gasteiger partial charge in [-0.3, -0.25) is 9.59 Å². The van der Waals surface area contributed by atoms with E-state index in [2.05, 4.69) is 10.00 Å². The molecule has 2 rings (SSSR count). The van der Waals surface area contributed by atoms with Crippen LogP contribution in [0.15, 0.2) is 17.1 Å². The Morgan fingerprint density at radius 1 is 1.44 bits per heavy atom. The quantitative estimate of drug-likeness (QED) is 0.776. The van der Waals surface area contributed by atoms with Gasteiger partial charge in [0, 0.05) is 19.2 Å². The molecule has 0 amide bonds. The van der Waals surface area contributed by atoms with Crippen molar-refractivity contribution in [3.8, 4) is 0 Å². The molecule has 1 fully saturated rings. The van der Waals surface area contributed by atoms with Crippen molar-refractivity contribution in [2.75, 3.05) is 18.0 Å². The van der Waals surface area contributed by atoms with Gasteiger partial charge < -0.3 is 10.0 Å². The van der Waals surface area contributed by atoms with Crippen LogP contribution in [0.25, 0.3) is 0 Å². The van der Waals surface area contributed by atoms with Gasteiger partial charge in [0.25, 0.3) is 5.56 Å². The van der Waals surface area contributed by atoms with Crippen molar-refractivity contribution < 1.29 is 9.90 Å². The van der Waals surface area contributed by atoms with E-state index in [1.54, 1.807) is 6.20 Å². The van der Waals surface area contributed by atoms with Crippen molar-refractivity contribution >= 4 is 11.7 Å². The number of carboxylic acid groups (broad SMARTS) is 1. The number of aliphatic carboxylic acids is 1. The van der Waals surface area contributed by atoms with E-state index in [9.17, 15) is 9.59 Å². The van der Waals surface area contributed by atoms with Crippen molar-refractivity contribution in [3.05, 3.63) is 22.6 Å². The number of anilines is 1. The predicted molar refractivity (Wildman–Crippen MR) is 57.6 cm³/mol. The Morgan fingerprint density at radius 3 is 2.69 bits per heavy atom. The molecule has 1 aromatic rings. The highest BCUT2D eigenvalue weighted by atomic mass is 16.4. The molecule has 0 aromatic carbocycles. The molecule has 1 saturated heterocycles. The summed E-state index contributed by atoms with van der Waals surface area (Å²) in [6.45, 7) is 1.48. The highest BCUT2D eigenvalue weighted by Gasteiger charge is 2.14. The molecule has 0 atom stereocenters. The maximum Gasteiger partial charge on any atom is 0.325 e. The average Bonchev–Trinajstić information content (AvgIpc) is 2.73. The topological polar surface area (TPSA) is 75.4 Å². The number of aromatic nitrogens is 2. The molecular formula is C10H13N3O3. The molecule has 0 bridgehead atoms. The van der Waals surface area contributed by atoms with Crippen LogP contribution in [-0.2, 0) is 11.3 Å². The molecule has 1 N–H and O–H groups in total. The van der Waals surface area contributed by atoms with Gasteiger partial charge >= 0.3 is 5.97 Å². The molecule has 86 valence electrons. The fourth-order valence-electron chi connectivity index (χ4n) is 1.82. The first-order chi connectivity index (χ1) is 7.66. The number of nitrogens with zero attached hydrogens (tertiary/aromatic N) is 3. The van der Waals surface area contributed by atoms with E-state index in [0.717, 1.165) is 36.3 Å². The summed E-state index contributed by atoms with van der Waals surface area (Å²) in [4.78, 5) is 24.1. The Bertz CT molecular complexity index is 449. The van der Waals surface area contributed by atoms with Crippen molar-refractivity contribution in [1.29, 1.82) is 0 Å². The van der Waals surface area contributed by atoms with Crippen LogP contribution >= 0.6 is 0 Å². The summed E-state index contributed by atoms with van der Waals surface area (Å²) >= 11 is 0. The third kappa shape index (κ3) is 2.21. The van der Waals surface area contributed by atoms with E-state index in [0.29, 0.717) is 0 Å². The summed E-state index contributed by atoms with van der Waals surface area (Å²) in [7, 11) is 0. The normalized spacial score (nSPS) is 15.4. The minimum absolute atomic E-state index is 0.369. The Labute approximate surface area is 92.1 Å². The number of carboxylic acids is 1. The van der Waals surface area contributed by atoms with Gasteiger partial charge in [0.2, 0.25) is 0 Å². The van der Waals surface area contributed by atoms with Gasteiger partial charge in [-0.2, -0.15) is 5.10 Å². The predicted octanol–water partition coefficient (Wildman–Crippen LogP) is -0.0719. The SMILES string of the molecule is O=C(O)Cn1ncc(N2CCCC2)cc1=O. The van der Waals surface area contributed by atoms with E-state index >= 15 is 0 Å². The molecule has 1 aliphatic heterocycles. The second kappa shape index (κ2) is 4.34. The number of hydrogen-bond acceptors (Lipinski definition) is 4. The second-order valence-corrected chi connectivity index (χ2v) is 3.80. The van der Waals surface area contributed by atoms with Gasteiger partial charge in [-0.25, -0.2) is 4.68 Å². The largest absolute Gasteiger partial charge is 0.480 e. The first-order valence-electron chi connectivity index (χ1n) is 5.21. The zero-order chi connectivity index (χ0) is 11.5. The Balaban J connectivity index is 2.21. The van der Waals surface area contributed by atoms with Crippen LogP contribution in [0.1, 0.15) is 12.8 Å². The van der Waals surface area contributed by atoms with E-state index in [1.165, 1.54) is 6.07 Å². The Kier molecular flexibility index (Phi) is 2.89. The lowest BCUT2D eigenvalue weighted by Crippen LogP contribution is -2.28. The maximum absolute atomic E-state index is 11.5. The smallest absolute Gasteiger partial charge is 0.325 e. The minimum atomic E-state index is -1.07. The van der Waals surface area contributed by atoms with Gasteiger partial charge in [0.1, 0.15) is 6.54 Å². The lowest BCUT2D eigenvalue weighted by molar-refractivity contribution is -0.138. The average molecular weight is 223 g/mol. The van der Waals surface area contributed by atoms with E-state index in [4.69, 9.17) is 5.11 Å². The summed E-state index contributed by atoms with van der Waals surface area (Å²) in [5, 5.41) is 12.4. The summed E-state index contributed by atoms with van der Waals surface area (Å²) in [6.07, 6.45) is 3.80. The second-order valence-electron chi connectivity index (χ2n) is 3.80. The van der Waals surface area contributed by atoms with Crippen molar-refractivity contribution in [1.82, 2.24) is 9.78 Å². The van der Waals surface area contributed by atoms with Crippen LogP contribution in [0, 0.1) is 0 Å². The molecule has 2 heterocycles. The maximum atomic E-state index is 11.5. The first kappa shape index (κ1) is 10.7. The molecule has 1 aliphatic rings. The van der Waals surface area contributed by atoms with Gasteiger partial charge in [-0.1, -0.05) is 0 Å². The van der Waals surface area contributed by atoms with E-state index in [1.807, 2.05) is 0 Å². The van der Waals surface area contributed by atoms with E-state index < -0.39 is 5.97 Å². The third-order valence-electron chi connectivity index (χ3n) is 2.61. The zero-order valence-corrected chi connectivity index (χ0v) is 8.80. The molecule has 0 radical (unpaired) electrons. The molecule has 0 spiro atoms.